The van der Waals surface area contributed by atoms with Crippen molar-refractivity contribution in [3.8, 4) is 0 Å². The summed E-state index contributed by atoms with van der Waals surface area (Å²) in [4.78, 5) is 0.510. The van der Waals surface area contributed by atoms with Gasteiger partial charge in [0.15, 0.2) is 9.84 Å². The number of benzene rings is 1. The highest BCUT2D eigenvalue weighted by Gasteiger charge is 2.52. The van der Waals surface area contributed by atoms with Crippen LogP contribution < -0.4 is 0 Å². The molecular formula is C17H22O2S. The highest BCUT2D eigenvalue weighted by molar-refractivity contribution is 7.91. The van der Waals surface area contributed by atoms with E-state index in [9.17, 15) is 8.42 Å². The van der Waals surface area contributed by atoms with Crippen LogP contribution in [0.5, 0.6) is 0 Å². The molecule has 4 fully saturated rings. The Kier molecular flexibility index (Phi) is 2.79. The largest absolute Gasteiger partial charge is 0.224 e. The standard InChI is InChI=1S/C17H22O2S/c18-20(19,16-4-2-1-3-5-16)12-17-9-13-6-14(10-17)8-15(7-13)11-17/h1-5,13-15H,6-12H2. The fraction of sp³-hybridized carbons (Fsp3) is 0.647. The maximum absolute atomic E-state index is 12.7. The minimum absolute atomic E-state index is 0.101. The zero-order chi connectivity index (χ0) is 13.8. The Hall–Kier alpha value is -0.830. The highest BCUT2D eigenvalue weighted by atomic mass is 32.2. The van der Waals surface area contributed by atoms with E-state index in [0.29, 0.717) is 10.6 Å². The van der Waals surface area contributed by atoms with Crippen LogP contribution >= 0.6 is 0 Å². The average Bonchev–Trinajstić information content (AvgIpc) is 2.36. The number of sulfone groups is 1. The van der Waals surface area contributed by atoms with Crippen LogP contribution in [0.1, 0.15) is 38.5 Å². The van der Waals surface area contributed by atoms with Crippen LogP contribution in [0.15, 0.2) is 35.2 Å². The molecule has 20 heavy (non-hydrogen) atoms. The Morgan fingerprint density at radius 3 is 1.90 bits per heavy atom. The number of hydrogen-bond donors (Lipinski definition) is 0. The van der Waals surface area contributed by atoms with E-state index < -0.39 is 9.84 Å². The zero-order valence-corrected chi connectivity index (χ0v) is 12.6. The molecule has 0 aliphatic heterocycles. The lowest BCUT2D eigenvalue weighted by molar-refractivity contribution is -0.0390. The van der Waals surface area contributed by atoms with Gasteiger partial charge >= 0.3 is 0 Å². The van der Waals surface area contributed by atoms with E-state index in [1.807, 2.05) is 18.2 Å². The molecule has 0 radical (unpaired) electrons. The molecule has 4 saturated carbocycles. The second-order valence-electron chi connectivity index (χ2n) is 7.49. The zero-order valence-electron chi connectivity index (χ0n) is 11.8. The Morgan fingerprint density at radius 2 is 1.40 bits per heavy atom. The monoisotopic (exact) mass is 290 g/mol. The lowest BCUT2D eigenvalue weighted by Crippen LogP contribution is -2.49. The molecule has 0 aromatic heterocycles. The quantitative estimate of drug-likeness (QED) is 0.851. The normalized spacial score (nSPS) is 39.1. The third-order valence-corrected chi connectivity index (χ3v) is 7.75. The highest BCUT2D eigenvalue weighted by Crippen LogP contribution is 2.60. The van der Waals surface area contributed by atoms with Gasteiger partial charge in [-0.3, -0.25) is 0 Å². The molecule has 0 heterocycles. The van der Waals surface area contributed by atoms with E-state index in [2.05, 4.69) is 0 Å². The first-order chi connectivity index (χ1) is 9.55. The van der Waals surface area contributed by atoms with Crippen LogP contribution in [-0.4, -0.2) is 14.2 Å². The molecule has 2 nitrogen and oxygen atoms in total. The van der Waals surface area contributed by atoms with E-state index in [1.54, 1.807) is 12.1 Å². The van der Waals surface area contributed by atoms with Crippen molar-refractivity contribution in [2.45, 2.75) is 43.4 Å². The SMILES string of the molecule is O=S(=O)(CC12CC3CC(CC(C3)C1)C2)c1ccccc1. The van der Waals surface area contributed by atoms with Crippen molar-refractivity contribution in [3.63, 3.8) is 0 Å². The van der Waals surface area contributed by atoms with Gasteiger partial charge < -0.3 is 0 Å². The minimum atomic E-state index is -3.12. The van der Waals surface area contributed by atoms with Crippen LogP contribution in [-0.2, 0) is 9.84 Å². The van der Waals surface area contributed by atoms with E-state index in [4.69, 9.17) is 0 Å². The first kappa shape index (κ1) is 12.9. The molecular weight excluding hydrogens is 268 g/mol. The lowest BCUT2D eigenvalue weighted by atomic mass is 9.50. The molecule has 0 saturated heterocycles. The summed E-state index contributed by atoms with van der Waals surface area (Å²) < 4.78 is 25.4. The lowest BCUT2D eigenvalue weighted by Gasteiger charge is -2.56. The number of rotatable bonds is 3. The van der Waals surface area contributed by atoms with Crippen molar-refractivity contribution < 1.29 is 8.42 Å². The predicted octanol–water partition coefficient (Wildman–Crippen LogP) is 3.68. The topological polar surface area (TPSA) is 34.1 Å². The molecule has 0 atom stereocenters. The molecule has 4 aliphatic rings. The Balaban J connectivity index is 1.63. The van der Waals surface area contributed by atoms with Crippen molar-refractivity contribution in [1.82, 2.24) is 0 Å². The van der Waals surface area contributed by atoms with Crippen LogP contribution in [0.2, 0.25) is 0 Å². The van der Waals surface area contributed by atoms with Crippen molar-refractivity contribution in [3.05, 3.63) is 30.3 Å². The van der Waals surface area contributed by atoms with Gasteiger partial charge in [-0.25, -0.2) is 8.42 Å². The van der Waals surface area contributed by atoms with Crippen LogP contribution in [0.25, 0.3) is 0 Å². The minimum Gasteiger partial charge on any atom is -0.224 e. The Bertz CT molecular complexity index is 568. The molecule has 0 amide bonds. The van der Waals surface area contributed by atoms with Crippen molar-refractivity contribution >= 4 is 9.84 Å². The summed E-state index contributed by atoms with van der Waals surface area (Å²) in [6.45, 7) is 0. The molecule has 4 bridgehead atoms. The molecule has 0 spiro atoms. The van der Waals surface area contributed by atoms with Gasteiger partial charge in [0.25, 0.3) is 0 Å². The van der Waals surface area contributed by atoms with Gasteiger partial charge in [0, 0.05) is 0 Å². The molecule has 0 unspecified atom stereocenters. The molecule has 3 heteroatoms. The smallest absolute Gasteiger partial charge is 0.178 e. The second-order valence-corrected chi connectivity index (χ2v) is 9.48. The van der Waals surface area contributed by atoms with Crippen molar-refractivity contribution in [2.75, 3.05) is 5.75 Å². The first-order valence-electron chi connectivity index (χ1n) is 7.83. The summed E-state index contributed by atoms with van der Waals surface area (Å²) in [5, 5.41) is 0. The Morgan fingerprint density at radius 1 is 0.900 bits per heavy atom. The summed E-state index contributed by atoms with van der Waals surface area (Å²) in [6.07, 6.45) is 7.57. The fourth-order valence-corrected chi connectivity index (χ4v) is 7.48. The maximum Gasteiger partial charge on any atom is 0.178 e. The van der Waals surface area contributed by atoms with Crippen LogP contribution in [0.3, 0.4) is 0 Å². The van der Waals surface area contributed by atoms with Crippen LogP contribution in [0, 0.1) is 23.2 Å². The summed E-state index contributed by atoms with van der Waals surface area (Å²) in [6, 6.07) is 9.02. The third kappa shape index (κ3) is 2.11. The molecule has 0 N–H and O–H groups in total. The summed E-state index contributed by atoms with van der Waals surface area (Å²) >= 11 is 0. The molecule has 1 aromatic carbocycles. The summed E-state index contributed by atoms with van der Waals surface area (Å²) in [5.41, 5.74) is 0.101. The van der Waals surface area contributed by atoms with Crippen molar-refractivity contribution in [2.24, 2.45) is 23.2 Å². The average molecular weight is 290 g/mol. The van der Waals surface area contributed by atoms with Crippen LogP contribution in [0.4, 0.5) is 0 Å². The molecule has 4 aliphatic carbocycles. The maximum atomic E-state index is 12.7. The molecule has 108 valence electrons. The Labute approximate surface area is 121 Å². The second kappa shape index (κ2) is 4.33. The van der Waals surface area contributed by atoms with Gasteiger partial charge in [0.05, 0.1) is 10.6 Å². The third-order valence-electron chi connectivity index (χ3n) is 5.76. The van der Waals surface area contributed by atoms with Gasteiger partial charge in [-0.1, -0.05) is 18.2 Å². The fourth-order valence-electron chi connectivity index (χ4n) is 5.58. The summed E-state index contributed by atoms with van der Waals surface area (Å²) in [5.74, 6) is 2.82. The molecule has 1 aromatic rings. The number of hydrogen-bond acceptors (Lipinski definition) is 2. The summed E-state index contributed by atoms with van der Waals surface area (Å²) in [7, 11) is -3.12. The van der Waals surface area contributed by atoms with E-state index in [-0.39, 0.29) is 5.41 Å². The molecule has 5 rings (SSSR count). The van der Waals surface area contributed by atoms with Gasteiger partial charge in [-0.05, 0) is 73.8 Å². The predicted molar refractivity (Wildman–Crippen MR) is 79.1 cm³/mol. The van der Waals surface area contributed by atoms with E-state index in [0.717, 1.165) is 37.0 Å². The first-order valence-corrected chi connectivity index (χ1v) is 9.48. The van der Waals surface area contributed by atoms with Gasteiger partial charge in [-0.2, -0.15) is 0 Å². The van der Waals surface area contributed by atoms with Crippen molar-refractivity contribution in [1.29, 1.82) is 0 Å². The van der Waals surface area contributed by atoms with E-state index in [1.165, 1.54) is 19.3 Å². The van der Waals surface area contributed by atoms with Gasteiger partial charge in [0.2, 0.25) is 0 Å². The van der Waals surface area contributed by atoms with Gasteiger partial charge in [-0.15, -0.1) is 0 Å². The van der Waals surface area contributed by atoms with Gasteiger partial charge in [0.1, 0.15) is 0 Å². The van der Waals surface area contributed by atoms with E-state index >= 15 is 0 Å².